The first kappa shape index (κ1) is 16.6. The highest BCUT2D eigenvalue weighted by Gasteiger charge is 2.32. The van der Waals surface area contributed by atoms with E-state index in [1.54, 1.807) is 6.07 Å². The van der Waals surface area contributed by atoms with E-state index in [0.29, 0.717) is 16.8 Å². The Hall–Kier alpha value is -3.23. The van der Waals surface area contributed by atoms with E-state index in [4.69, 9.17) is 10.5 Å². The zero-order valence-electron chi connectivity index (χ0n) is 13.4. The third-order valence-electron chi connectivity index (χ3n) is 3.70. The van der Waals surface area contributed by atoms with E-state index in [1.807, 2.05) is 0 Å². The number of carbonyl (C=O) groups is 2. The van der Waals surface area contributed by atoms with E-state index in [-0.39, 0.29) is 24.9 Å². The number of nitrogen functional groups attached to an aromatic ring is 1. The average Bonchev–Trinajstić information content (AvgIpc) is 2.95. The van der Waals surface area contributed by atoms with Crippen LogP contribution in [-0.4, -0.2) is 41.2 Å². The minimum Gasteiger partial charge on any atom is -0.442 e. The molecule has 0 aliphatic carbocycles. The number of hydrogen-bond donors (Lipinski definition) is 2. The lowest BCUT2D eigenvalue weighted by atomic mass is 10.1. The fraction of sp³-hybridized carbons (Fsp3) is 0.250. The second kappa shape index (κ2) is 6.71. The zero-order chi connectivity index (χ0) is 18.0. The third kappa shape index (κ3) is 3.65. The Bertz CT molecular complexity index is 812. The Labute approximate surface area is 142 Å². The molecule has 1 atom stereocenters. The Balaban J connectivity index is 1.77. The van der Waals surface area contributed by atoms with Gasteiger partial charge in [0.15, 0.2) is 0 Å². The fourth-order valence-electron chi connectivity index (χ4n) is 2.48. The molecule has 3 N–H and O–H groups in total. The van der Waals surface area contributed by atoms with E-state index in [1.165, 1.54) is 36.4 Å². The molecule has 8 nitrogen and oxygen atoms in total. The van der Waals surface area contributed by atoms with E-state index in [9.17, 15) is 14.0 Å². The summed E-state index contributed by atoms with van der Waals surface area (Å²) < 4.78 is 19.6. The summed E-state index contributed by atoms with van der Waals surface area (Å²) in [5.74, 6) is -0.634. The highest BCUT2D eigenvalue weighted by molar-refractivity contribution is 5.90. The molecule has 2 aromatic rings. The van der Waals surface area contributed by atoms with Crippen LogP contribution < -0.4 is 16.0 Å². The van der Waals surface area contributed by atoms with Crippen molar-refractivity contribution in [2.24, 2.45) is 0 Å². The summed E-state index contributed by atoms with van der Waals surface area (Å²) in [4.78, 5) is 31.9. The molecule has 1 aromatic carbocycles. The summed E-state index contributed by atoms with van der Waals surface area (Å²) in [7, 11) is 0. The number of nitrogens with two attached hydrogens (primary N) is 1. The largest absolute Gasteiger partial charge is 0.442 e. The number of aromatic nitrogens is 2. The smallest absolute Gasteiger partial charge is 0.414 e. The monoisotopic (exact) mass is 345 g/mol. The minimum absolute atomic E-state index is 0.103. The first-order valence-electron chi connectivity index (χ1n) is 7.54. The van der Waals surface area contributed by atoms with Crippen LogP contribution in [0.25, 0.3) is 11.1 Å². The predicted octanol–water partition coefficient (Wildman–Crippen LogP) is 1.33. The number of nitrogens with one attached hydrogen (secondary N) is 1. The molecule has 2 heterocycles. The summed E-state index contributed by atoms with van der Waals surface area (Å²) >= 11 is 0. The van der Waals surface area contributed by atoms with E-state index >= 15 is 0 Å². The number of hydrogen-bond acceptors (Lipinski definition) is 6. The van der Waals surface area contributed by atoms with Crippen molar-refractivity contribution in [2.45, 2.75) is 13.0 Å². The van der Waals surface area contributed by atoms with E-state index in [0.717, 1.165) is 0 Å². The first-order chi connectivity index (χ1) is 11.9. The molecular weight excluding hydrogens is 329 g/mol. The molecule has 1 aromatic heterocycles. The number of nitrogens with zero attached hydrogens (tertiary/aromatic N) is 3. The molecule has 0 radical (unpaired) electrons. The minimum atomic E-state index is -0.585. The van der Waals surface area contributed by atoms with Gasteiger partial charge in [-0.1, -0.05) is 0 Å². The van der Waals surface area contributed by atoms with Crippen molar-refractivity contribution in [3.63, 3.8) is 0 Å². The number of amides is 2. The first-order valence-corrected chi connectivity index (χ1v) is 7.54. The number of ether oxygens (including phenoxy) is 1. The lowest BCUT2D eigenvalue weighted by molar-refractivity contribution is -0.119. The highest BCUT2D eigenvalue weighted by atomic mass is 19.1. The molecule has 0 spiro atoms. The van der Waals surface area contributed by atoms with Crippen molar-refractivity contribution >= 4 is 23.6 Å². The van der Waals surface area contributed by atoms with Gasteiger partial charge in [-0.15, -0.1) is 0 Å². The number of benzene rings is 1. The predicted molar refractivity (Wildman–Crippen MR) is 88.1 cm³/mol. The van der Waals surface area contributed by atoms with Gasteiger partial charge in [-0.2, -0.15) is 0 Å². The van der Waals surface area contributed by atoms with Crippen molar-refractivity contribution < 1.29 is 18.7 Å². The van der Waals surface area contributed by atoms with Crippen LogP contribution in [0.1, 0.15) is 6.92 Å². The summed E-state index contributed by atoms with van der Waals surface area (Å²) in [6.45, 7) is 1.81. The molecule has 25 heavy (non-hydrogen) atoms. The Morgan fingerprint density at radius 2 is 2.16 bits per heavy atom. The number of carbonyl (C=O) groups excluding carboxylic acids is 2. The Kier molecular flexibility index (Phi) is 4.46. The standard InChI is InChI=1S/C16H16FN5O3/c1-9(23)19-7-12-8-22(16(24)25-12)11-2-3-13(14(17)4-11)10-5-20-15(18)21-6-10/h2-6,12H,7-8H2,1H3,(H,19,23)(H2,18,20,21)/t12-/m0/s1. The van der Waals surface area contributed by atoms with Gasteiger partial charge in [-0.3, -0.25) is 9.69 Å². The molecular formula is C16H16FN5O3. The third-order valence-corrected chi connectivity index (χ3v) is 3.70. The van der Waals surface area contributed by atoms with E-state index in [2.05, 4.69) is 15.3 Å². The van der Waals surface area contributed by atoms with Crippen molar-refractivity contribution in [3.05, 3.63) is 36.4 Å². The van der Waals surface area contributed by atoms with Crippen LogP contribution in [0.2, 0.25) is 0 Å². The van der Waals surface area contributed by atoms with Crippen molar-refractivity contribution in [3.8, 4) is 11.1 Å². The normalized spacial score (nSPS) is 16.6. The van der Waals surface area contributed by atoms with Gasteiger partial charge < -0.3 is 15.8 Å². The average molecular weight is 345 g/mol. The number of anilines is 2. The molecule has 0 saturated carbocycles. The van der Waals surface area contributed by atoms with Crippen LogP contribution in [0, 0.1) is 5.82 Å². The van der Waals surface area contributed by atoms with Gasteiger partial charge in [-0.25, -0.2) is 19.2 Å². The van der Waals surface area contributed by atoms with Gasteiger partial charge in [0, 0.05) is 30.4 Å². The molecule has 1 fully saturated rings. The topological polar surface area (TPSA) is 110 Å². The van der Waals surface area contributed by atoms with Crippen molar-refractivity contribution in [1.29, 1.82) is 0 Å². The lowest BCUT2D eigenvalue weighted by Crippen LogP contribution is -2.33. The SMILES string of the molecule is CC(=O)NC[C@H]1CN(c2ccc(-c3cnc(N)nc3)c(F)c2)C(=O)O1. The Morgan fingerprint density at radius 1 is 1.44 bits per heavy atom. The molecule has 9 heteroatoms. The molecule has 1 saturated heterocycles. The molecule has 2 amide bonds. The number of cyclic esters (lactones) is 1. The molecule has 1 aliphatic rings. The van der Waals surface area contributed by atoms with E-state index < -0.39 is 18.0 Å². The van der Waals surface area contributed by atoms with Crippen LogP contribution in [0.4, 0.5) is 20.8 Å². The zero-order valence-corrected chi connectivity index (χ0v) is 13.4. The van der Waals surface area contributed by atoms with Crippen LogP contribution in [0.5, 0.6) is 0 Å². The van der Waals surface area contributed by atoms with Gasteiger partial charge in [0.2, 0.25) is 11.9 Å². The summed E-state index contributed by atoms with van der Waals surface area (Å²) in [5.41, 5.74) is 6.56. The molecule has 0 bridgehead atoms. The van der Waals surface area contributed by atoms with Gasteiger partial charge in [0.05, 0.1) is 18.8 Å². The highest BCUT2D eigenvalue weighted by Crippen LogP contribution is 2.28. The quantitative estimate of drug-likeness (QED) is 0.865. The lowest BCUT2D eigenvalue weighted by Gasteiger charge is -2.14. The van der Waals surface area contributed by atoms with Crippen LogP contribution >= 0.6 is 0 Å². The maximum atomic E-state index is 14.4. The summed E-state index contributed by atoms with van der Waals surface area (Å²) in [5, 5.41) is 2.59. The van der Waals surface area contributed by atoms with Crippen molar-refractivity contribution in [1.82, 2.24) is 15.3 Å². The maximum Gasteiger partial charge on any atom is 0.414 e. The second-order valence-corrected chi connectivity index (χ2v) is 5.55. The van der Waals surface area contributed by atoms with Gasteiger partial charge in [-0.05, 0) is 18.2 Å². The van der Waals surface area contributed by atoms with Gasteiger partial charge >= 0.3 is 6.09 Å². The summed E-state index contributed by atoms with van der Waals surface area (Å²) in [6.07, 6.45) is 1.78. The molecule has 130 valence electrons. The molecule has 1 aliphatic heterocycles. The molecule has 0 unspecified atom stereocenters. The maximum absolute atomic E-state index is 14.4. The number of rotatable bonds is 4. The van der Waals surface area contributed by atoms with Crippen LogP contribution in [0.15, 0.2) is 30.6 Å². The van der Waals surface area contributed by atoms with Gasteiger partial charge in [0.1, 0.15) is 11.9 Å². The Morgan fingerprint density at radius 3 is 2.80 bits per heavy atom. The molecule has 3 rings (SSSR count). The van der Waals surface area contributed by atoms with Crippen LogP contribution in [-0.2, 0) is 9.53 Å². The summed E-state index contributed by atoms with van der Waals surface area (Å²) in [6, 6.07) is 4.39. The fourth-order valence-corrected chi connectivity index (χ4v) is 2.48. The second-order valence-electron chi connectivity index (χ2n) is 5.55. The van der Waals surface area contributed by atoms with Gasteiger partial charge in [0.25, 0.3) is 0 Å². The van der Waals surface area contributed by atoms with Crippen LogP contribution in [0.3, 0.4) is 0 Å². The number of halogens is 1. The van der Waals surface area contributed by atoms with Crippen molar-refractivity contribution in [2.75, 3.05) is 23.7 Å².